The summed E-state index contributed by atoms with van der Waals surface area (Å²) in [5, 5.41) is 3.20. The van der Waals surface area contributed by atoms with Crippen molar-refractivity contribution in [2.45, 2.75) is 13.3 Å². The first-order valence-corrected chi connectivity index (χ1v) is 9.69. The van der Waals surface area contributed by atoms with E-state index in [1.165, 1.54) is 24.3 Å². The lowest BCUT2D eigenvalue weighted by atomic mass is 10.2. The Labute approximate surface area is 151 Å². The number of benzene rings is 2. The maximum absolute atomic E-state index is 13.0. The molecule has 0 atom stereocenters. The number of hydrogen-bond donors (Lipinski definition) is 1. The van der Waals surface area contributed by atoms with Crippen LogP contribution in [0.2, 0.25) is 5.02 Å². The molecule has 8 heteroatoms. The van der Waals surface area contributed by atoms with Crippen molar-refractivity contribution in [1.29, 1.82) is 0 Å². The van der Waals surface area contributed by atoms with Gasteiger partial charge in [-0.15, -0.1) is 0 Å². The number of halogens is 2. The van der Waals surface area contributed by atoms with E-state index in [4.69, 9.17) is 11.6 Å². The highest BCUT2D eigenvalue weighted by atomic mass is 35.5. The molecular formula is C17H18ClFN2O3S. The Balaban J connectivity index is 2.09. The van der Waals surface area contributed by atoms with Gasteiger partial charge in [-0.05, 0) is 48.9 Å². The van der Waals surface area contributed by atoms with Gasteiger partial charge in [-0.2, -0.15) is 0 Å². The van der Waals surface area contributed by atoms with Crippen molar-refractivity contribution in [3.63, 3.8) is 0 Å². The van der Waals surface area contributed by atoms with Gasteiger partial charge in [0.2, 0.25) is 15.9 Å². The van der Waals surface area contributed by atoms with Crippen LogP contribution in [0.1, 0.15) is 12.0 Å². The number of carbonyl (C=O) groups is 1. The van der Waals surface area contributed by atoms with Crippen molar-refractivity contribution in [3.8, 4) is 0 Å². The Kier molecular flexibility index (Phi) is 6.02. The molecule has 1 N–H and O–H groups in total. The molecule has 0 saturated carbocycles. The van der Waals surface area contributed by atoms with Gasteiger partial charge >= 0.3 is 0 Å². The summed E-state index contributed by atoms with van der Waals surface area (Å²) in [5.41, 5.74) is 1.72. The van der Waals surface area contributed by atoms with Crippen molar-refractivity contribution < 1.29 is 17.6 Å². The van der Waals surface area contributed by atoms with Gasteiger partial charge in [0, 0.05) is 23.7 Å². The van der Waals surface area contributed by atoms with Gasteiger partial charge in [0.25, 0.3) is 0 Å². The molecule has 0 radical (unpaired) electrons. The number of amides is 1. The first kappa shape index (κ1) is 19.2. The standard InChI is InChI=1S/C17H18ClFN2O3S/c1-12-3-4-13(18)11-16(12)20-17(22)9-10-21(25(2,23)24)15-7-5-14(19)6-8-15/h3-8,11H,9-10H2,1-2H3,(H,20,22). The summed E-state index contributed by atoms with van der Waals surface area (Å²) >= 11 is 5.91. The van der Waals surface area contributed by atoms with Gasteiger partial charge in [-0.3, -0.25) is 9.10 Å². The van der Waals surface area contributed by atoms with E-state index in [1.54, 1.807) is 18.2 Å². The second-order valence-electron chi connectivity index (χ2n) is 5.57. The van der Waals surface area contributed by atoms with E-state index >= 15 is 0 Å². The van der Waals surface area contributed by atoms with Crippen LogP contribution in [-0.2, 0) is 14.8 Å². The maximum atomic E-state index is 13.0. The highest BCUT2D eigenvalue weighted by Gasteiger charge is 2.19. The van der Waals surface area contributed by atoms with Crippen LogP contribution < -0.4 is 9.62 Å². The molecule has 1 amide bonds. The maximum Gasteiger partial charge on any atom is 0.232 e. The van der Waals surface area contributed by atoms with Gasteiger partial charge in [-0.1, -0.05) is 17.7 Å². The zero-order valence-electron chi connectivity index (χ0n) is 13.8. The molecular weight excluding hydrogens is 367 g/mol. The predicted octanol–water partition coefficient (Wildman–Crippen LogP) is 3.58. The predicted molar refractivity (Wildman–Crippen MR) is 98.0 cm³/mol. The molecule has 2 aromatic carbocycles. The summed E-state index contributed by atoms with van der Waals surface area (Å²) in [6.45, 7) is 1.77. The SMILES string of the molecule is Cc1ccc(Cl)cc1NC(=O)CCN(c1ccc(F)cc1)S(C)(=O)=O. The van der Waals surface area contributed by atoms with Gasteiger partial charge in [0.15, 0.2) is 0 Å². The van der Waals surface area contributed by atoms with E-state index in [0.717, 1.165) is 16.1 Å². The second kappa shape index (κ2) is 7.84. The first-order chi connectivity index (χ1) is 11.7. The van der Waals surface area contributed by atoms with Crippen molar-refractivity contribution in [2.75, 3.05) is 22.4 Å². The molecule has 0 aliphatic heterocycles. The number of anilines is 2. The van der Waals surface area contributed by atoms with Crippen LogP contribution in [0.15, 0.2) is 42.5 Å². The minimum atomic E-state index is -3.60. The van der Waals surface area contributed by atoms with Gasteiger partial charge in [-0.25, -0.2) is 12.8 Å². The van der Waals surface area contributed by atoms with Crippen molar-refractivity contribution >= 4 is 38.9 Å². The molecule has 5 nitrogen and oxygen atoms in total. The lowest BCUT2D eigenvalue weighted by Gasteiger charge is -2.22. The lowest BCUT2D eigenvalue weighted by Crippen LogP contribution is -2.33. The number of hydrogen-bond acceptors (Lipinski definition) is 3. The largest absolute Gasteiger partial charge is 0.326 e. The number of nitrogens with zero attached hydrogens (tertiary/aromatic N) is 1. The summed E-state index contributed by atoms with van der Waals surface area (Å²) in [5.74, 6) is -0.812. The third-order valence-corrected chi connectivity index (χ3v) is 4.96. The minimum Gasteiger partial charge on any atom is -0.326 e. The van der Waals surface area contributed by atoms with E-state index in [1.807, 2.05) is 6.92 Å². The fourth-order valence-corrected chi connectivity index (χ4v) is 3.34. The number of aryl methyl sites for hydroxylation is 1. The van der Waals surface area contributed by atoms with Crippen LogP contribution >= 0.6 is 11.6 Å². The third kappa shape index (κ3) is 5.44. The van der Waals surface area contributed by atoms with Crippen LogP contribution in [-0.4, -0.2) is 27.1 Å². The van der Waals surface area contributed by atoms with E-state index in [0.29, 0.717) is 16.4 Å². The molecule has 0 bridgehead atoms. The third-order valence-electron chi connectivity index (χ3n) is 3.53. The highest BCUT2D eigenvalue weighted by Crippen LogP contribution is 2.21. The number of rotatable bonds is 6. The summed E-state index contributed by atoms with van der Waals surface area (Å²) in [4.78, 5) is 12.2. The van der Waals surface area contributed by atoms with Crippen LogP contribution in [0.3, 0.4) is 0 Å². The topological polar surface area (TPSA) is 66.5 Å². The molecule has 0 spiro atoms. The monoisotopic (exact) mass is 384 g/mol. The summed E-state index contributed by atoms with van der Waals surface area (Å²) in [6, 6.07) is 10.2. The Bertz CT molecular complexity index is 870. The molecule has 134 valence electrons. The van der Waals surface area contributed by atoms with Crippen LogP contribution in [0, 0.1) is 12.7 Å². The number of sulfonamides is 1. The Hall–Kier alpha value is -2.12. The van der Waals surface area contributed by atoms with Crippen molar-refractivity contribution in [1.82, 2.24) is 0 Å². The van der Waals surface area contributed by atoms with Crippen LogP contribution in [0.25, 0.3) is 0 Å². The molecule has 0 aromatic heterocycles. The zero-order valence-corrected chi connectivity index (χ0v) is 15.4. The van der Waals surface area contributed by atoms with E-state index < -0.39 is 15.8 Å². The highest BCUT2D eigenvalue weighted by molar-refractivity contribution is 7.92. The molecule has 0 fully saturated rings. The summed E-state index contributed by atoms with van der Waals surface area (Å²) in [6.07, 6.45) is 0.978. The van der Waals surface area contributed by atoms with Gasteiger partial charge in [0.05, 0.1) is 11.9 Å². The van der Waals surface area contributed by atoms with Crippen molar-refractivity contribution in [2.24, 2.45) is 0 Å². The summed E-state index contributed by atoms with van der Waals surface area (Å²) in [7, 11) is -3.60. The normalized spacial score (nSPS) is 11.2. The van der Waals surface area contributed by atoms with Crippen molar-refractivity contribution in [3.05, 3.63) is 58.9 Å². The Morgan fingerprint density at radius 3 is 2.44 bits per heavy atom. The molecule has 0 aliphatic rings. The van der Waals surface area contributed by atoms with E-state index in [-0.39, 0.29) is 18.9 Å². The fourth-order valence-electron chi connectivity index (χ4n) is 2.24. The molecule has 0 unspecified atom stereocenters. The Morgan fingerprint density at radius 2 is 1.84 bits per heavy atom. The van der Waals surface area contributed by atoms with Crippen LogP contribution in [0.5, 0.6) is 0 Å². The van der Waals surface area contributed by atoms with E-state index in [9.17, 15) is 17.6 Å². The average Bonchev–Trinajstić information content (AvgIpc) is 2.51. The number of carbonyl (C=O) groups excluding carboxylic acids is 1. The molecule has 0 aliphatic carbocycles. The molecule has 2 aromatic rings. The lowest BCUT2D eigenvalue weighted by molar-refractivity contribution is -0.116. The second-order valence-corrected chi connectivity index (χ2v) is 7.91. The molecule has 2 rings (SSSR count). The molecule has 0 heterocycles. The molecule has 0 saturated heterocycles. The van der Waals surface area contributed by atoms with Gasteiger partial charge < -0.3 is 5.32 Å². The summed E-state index contributed by atoms with van der Waals surface area (Å²) < 4.78 is 38.0. The first-order valence-electron chi connectivity index (χ1n) is 7.46. The zero-order chi connectivity index (χ0) is 18.6. The smallest absolute Gasteiger partial charge is 0.232 e. The molecule has 25 heavy (non-hydrogen) atoms. The van der Waals surface area contributed by atoms with Crippen LogP contribution in [0.4, 0.5) is 15.8 Å². The quantitative estimate of drug-likeness (QED) is 0.827. The fraction of sp³-hybridized carbons (Fsp3) is 0.235. The van der Waals surface area contributed by atoms with Gasteiger partial charge in [0.1, 0.15) is 5.82 Å². The minimum absolute atomic E-state index is 0.0591. The Morgan fingerprint density at radius 1 is 1.20 bits per heavy atom. The number of nitrogens with one attached hydrogen (secondary N) is 1. The van der Waals surface area contributed by atoms with E-state index in [2.05, 4.69) is 5.32 Å². The average molecular weight is 385 g/mol.